The summed E-state index contributed by atoms with van der Waals surface area (Å²) in [7, 11) is 0. The first kappa shape index (κ1) is 10.4. The molecule has 2 rings (SSSR count). The lowest BCUT2D eigenvalue weighted by molar-refractivity contribution is 0.327. The van der Waals surface area contributed by atoms with Crippen LogP contribution in [0.1, 0.15) is 45.4 Å². The van der Waals surface area contributed by atoms with Crippen molar-refractivity contribution in [2.75, 3.05) is 13.1 Å². The van der Waals surface area contributed by atoms with Crippen LogP contribution in [0.25, 0.3) is 0 Å². The molecule has 2 aliphatic rings. The molecule has 1 heterocycles. The van der Waals surface area contributed by atoms with Gasteiger partial charge in [0.05, 0.1) is 0 Å². The van der Waals surface area contributed by atoms with Crippen LogP contribution in [-0.2, 0) is 0 Å². The molecule has 3 unspecified atom stereocenters. The average Bonchev–Trinajstić information content (AvgIpc) is 2.60. The van der Waals surface area contributed by atoms with Crippen LogP contribution in [0.3, 0.4) is 0 Å². The Morgan fingerprint density at radius 1 is 1.07 bits per heavy atom. The second kappa shape index (κ2) is 5.13. The SMILES string of the molecule is CC1CCCCCC1NC1CCNC1. The monoisotopic (exact) mass is 196 g/mol. The van der Waals surface area contributed by atoms with Gasteiger partial charge < -0.3 is 10.6 Å². The zero-order valence-electron chi connectivity index (χ0n) is 9.39. The third kappa shape index (κ3) is 2.71. The minimum Gasteiger partial charge on any atom is -0.315 e. The minimum atomic E-state index is 0.751. The van der Waals surface area contributed by atoms with Crippen molar-refractivity contribution in [1.29, 1.82) is 0 Å². The van der Waals surface area contributed by atoms with Gasteiger partial charge in [-0.3, -0.25) is 0 Å². The first-order valence-electron chi connectivity index (χ1n) is 6.33. The first-order valence-corrected chi connectivity index (χ1v) is 6.33. The number of hydrogen-bond acceptors (Lipinski definition) is 2. The highest BCUT2D eigenvalue weighted by molar-refractivity contribution is 4.84. The summed E-state index contributed by atoms with van der Waals surface area (Å²) in [5.74, 6) is 0.887. The molecule has 2 fully saturated rings. The Hall–Kier alpha value is -0.0800. The number of nitrogens with one attached hydrogen (secondary N) is 2. The Kier molecular flexibility index (Phi) is 3.82. The molecular formula is C12H24N2. The van der Waals surface area contributed by atoms with Crippen LogP contribution < -0.4 is 10.6 Å². The molecular weight excluding hydrogens is 172 g/mol. The van der Waals surface area contributed by atoms with Crippen molar-refractivity contribution in [3.63, 3.8) is 0 Å². The molecule has 1 aliphatic carbocycles. The zero-order chi connectivity index (χ0) is 9.80. The Morgan fingerprint density at radius 3 is 2.71 bits per heavy atom. The van der Waals surface area contributed by atoms with Gasteiger partial charge in [-0.15, -0.1) is 0 Å². The van der Waals surface area contributed by atoms with Crippen molar-refractivity contribution >= 4 is 0 Å². The molecule has 3 atom stereocenters. The standard InChI is InChI=1S/C12H24N2/c1-10-5-3-2-4-6-12(10)14-11-7-8-13-9-11/h10-14H,2-9H2,1H3. The van der Waals surface area contributed by atoms with Gasteiger partial charge in [-0.2, -0.15) is 0 Å². The van der Waals surface area contributed by atoms with Gasteiger partial charge in [-0.25, -0.2) is 0 Å². The Labute approximate surface area is 87.8 Å². The molecule has 82 valence electrons. The van der Waals surface area contributed by atoms with E-state index in [1.54, 1.807) is 0 Å². The second-order valence-corrected chi connectivity index (χ2v) is 5.08. The highest BCUT2D eigenvalue weighted by Crippen LogP contribution is 2.23. The normalized spacial score (nSPS) is 39.6. The van der Waals surface area contributed by atoms with Crippen LogP contribution in [0.4, 0.5) is 0 Å². The summed E-state index contributed by atoms with van der Waals surface area (Å²) in [5, 5.41) is 7.27. The minimum absolute atomic E-state index is 0.751. The van der Waals surface area contributed by atoms with Gasteiger partial charge in [0.1, 0.15) is 0 Å². The van der Waals surface area contributed by atoms with Crippen LogP contribution in [0.5, 0.6) is 0 Å². The maximum Gasteiger partial charge on any atom is 0.0207 e. The molecule has 0 aromatic carbocycles. The molecule has 0 aromatic rings. The molecule has 1 aliphatic heterocycles. The van der Waals surface area contributed by atoms with Gasteiger partial charge in [0.2, 0.25) is 0 Å². The van der Waals surface area contributed by atoms with E-state index in [0.29, 0.717) is 0 Å². The highest BCUT2D eigenvalue weighted by Gasteiger charge is 2.23. The Bertz CT molecular complexity index is 164. The molecule has 0 spiro atoms. The quantitative estimate of drug-likeness (QED) is 0.659. The predicted octanol–water partition coefficient (Wildman–Crippen LogP) is 1.91. The maximum atomic E-state index is 3.85. The van der Waals surface area contributed by atoms with E-state index >= 15 is 0 Å². The number of rotatable bonds is 2. The lowest BCUT2D eigenvalue weighted by Gasteiger charge is -2.26. The maximum absolute atomic E-state index is 3.85. The van der Waals surface area contributed by atoms with Gasteiger partial charge >= 0.3 is 0 Å². The van der Waals surface area contributed by atoms with Gasteiger partial charge in [0.15, 0.2) is 0 Å². The highest BCUT2D eigenvalue weighted by atomic mass is 15.0. The summed E-state index contributed by atoms with van der Waals surface area (Å²) in [6.45, 7) is 4.81. The van der Waals surface area contributed by atoms with E-state index in [0.717, 1.165) is 18.0 Å². The number of hydrogen-bond donors (Lipinski definition) is 2. The van der Waals surface area contributed by atoms with Crippen LogP contribution >= 0.6 is 0 Å². The molecule has 2 heteroatoms. The van der Waals surface area contributed by atoms with Gasteiger partial charge in [0, 0.05) is 18.6 Å². The fraction of sp³-hybridized carbons (Fsp3) is 1.00. The van der Waals surface area contributed by atoms with E-state index < -0.39 is 0 Å². The van der Waals surface area contributed by atoms with Crippen molar-refractivity contribution in [3.05, 3.63) is 0 Å². The van der Waals surface area contributed by atoms with Gasteiger partial charge in [-0.1, -0.05) is 26.2 Å². The Morgan fingerprint density at radius 2 is 1.93 bits per heavy atom. The molecule has 14 heavy (non-hydrogen) atoms. The fourth-order valence-corrected chi connectivity index (χ4v) is 2.84. The van der Waals surface area contributed by atoms with E-state index in [1.165, 1.54) is 51.6 Å². The second-order valence-electron chi connectivity index (χ2n) is 5.08. The summed E-state index contributed by atoms with van der Waals surface area (Å²) in [6.07, 6.45) is 8.48. The fourth-order valence-electron chi connectivity index (χ4n) is 2.84. The van der Waals surface area contributed by atoms with Gasteiger partial charge in [-0.05, 0) is 31.7 Å². The van der Waals surface area contributed by atoms with Gasteiger partial charge in [0.25, 0.3) is 0 Å². The largest absolute Gasteiger partial charge is 0.315 e. The molecule has 1 saturated heterocycles. The van der Waals surface area contributed by atoms with Crippen molar-refractivity contribution in [2.24, 2.45) is 5.92 Å². The molecule has 2 nitrogen and oxygen atoms in total. The molecule has 1 saturated carbocycles. The average molecular weight is 196 g/mol. The summed E-state index contributed by atoms with van der Waals surface area (Å²) >= 11 is 0. The zero-order valence-corrected chi connectivity index (χ0v) is 9.39. The molecule has 0 amide bonds. The van der Waals surface area contributed by atoms with Crippen LogP contribution in [0, 0.1) is 5.92 Å². The third-order valence-corrected chi connectivity index (χ3v) is 3.87. The molecule has 0 aromatic heterocycles. The van der Waals surface area contributed by atoms with Crippen LogP contribution in [-0.4, -0.2) is 25.2 Å². The summed E-state index contributed by atoms with van der Waals surface area (Å²) in [4.78, 5) is 0. The lowest BCUT2D eigenvalue weighted by Crippen LogP contribution is -2.42. The summed E-state index contributed by atoms with van der Waals surface area (Å²) < 4.78 is 0. The predicted molar refractivity (Wildman–Crippen MR) is 60.4 cm³/mol. The van der Waals surface area contributed by atoms with Crippen molar-refractivity contribution < 1.29 is 0 Å². The lowest BCUT2D eigenvalue weighted by atomic mass is 9.96. The smallest absolute Gasteiger partial charge is 0.0207 e. The topological polar surface area (TPSA) is 24.1 Å². The van der Waals surface area contributed by atoms with E-state index in [-0.39, 0.29) is 0 Å². The van der Waals surface area contributed by atoms with Crippen LogP contribution in [0.15, 0.2) is 0 Å². The van der Waals surface area contributed by atoms with Crippen LogP contribution in [0.2, 0.25) is 0 Å². The van der Waals surface area contributed by atoms with Crippen molar-refractivity contribution in [3.8, 4) is 0 Å². The van der Waals surface area contributed by atoms with E-state index in [4.69, 9.17) is 0 Å². The molecule has 0 radical (unpaired) electrons. The summed E-state index contributed by atoms with van der Waals surface area (Å²) in [6, 6.07) is 1.54. The van der Waals surface area contributed by atoms with E-state index in [2.05, 4.69) is 17.6 Å². The van der Waals surface area contributed by atoms with E-state index in [1.807, 2.05) is 0 Å². The summed E-state index contributed by atoms with van der Waals surface area (Å²) in [5.41, 5.74) is 0. The van der Waals surface area contributed by atoms with Crippen molar-refractivity contribution in [1.82, 2.24) is 10.6 Å². The molecule has 2 N–H and O–H groups in total. The third-order valence-electron chi connectivity index (χ3n) is 3.87. The van der Waals surface area contributed by atoms with Crippen molar-refractivity contribution in [2.45, 2.75) is 57.5 Å². The van der Waals surface area contributed by atoms with E-state index in [9.17, 15) is 0 Å². The molecule has 0 bridgehead atoms. The first-order chi connectivity index (χ1) is 6.86. The Balaban J connectivity index is 1.81.